The second-order valence-electron chi connectivity index (χ2n) is 7.42. The van der Waals surface area contributed by atoms with Gasteiger partial charge < -0.3 is 15.2 Å². The summed E-state index contributed by atoms with van der Waals surface area (Å²) in [6, 6.07) is 8.86. The van der Waals surface area contributed by atoms with Crippen molar-refractivity contribution < 1.29 is 0 Å². The third-order valence-electron chi connectivity index (χ3n) is 5.24. The Balaban J connectivity index is 1.53. The summed E-state index contributed by atoms with van der Waals surface area (Å²) in [6.07, 6.45) is 4.05. The molecule has 2 N–H and O–H groups in total. The first-order valence-electron chi connectivity index (χ1n) is 10.3. The molecule has 0 radical (unpaired) electrons. The van der Waals surface area contributed by atoms with E-state index in [1.807, 2.05) is 18.5 Å². The van der Waals surface area contributed by atoms with E-state index in [2.05, 4.69) is 56.9 Å². The minimum absolute atomic E-state index is 0.595. The van der Waals surface area contributed by atoms with Crippen LogP contribution in [0.3, 0.4) is 0 Å². The first-order valence-corrected chi connectivity index (χ1v) is 10.3. The molecule has 0 bridgehead atoms. The van der Waals surface area contributed by atoms with Crippen molar-refractivity contribution in [1.82, 2.24) is 30.3 Å². The Labute approximate surface area is 168 Å². The molecule has 0 spiro atoms. The van der Waals surface area contributed by atoms with Gasteiger partial charge in [0.1, 0.15) is 5.82 Å². The summed E-state index contributed by atoms with van der Waals surface area (Å²) in [5.41, 5.74) is 2.60. The molecule has 0 aliphatic carbocycles. The molecule has 7 heteroatoms. The van der Waals surface area contributed by atoms with Gasteiger partial charge in [0.2, 0.25) is 0 Å². The number of nitrogens with one attached hydrogen (secondary N) is 2. The predicted octanol–water partition coefficient (Wildman–Crippen LogP) is 2.36. The van der Waals surface area contributed by atoms with Crippen molar-refractivity contribution in [3.63, 3.8) is 0 Å². The summed E-state index contributed by atoms with van der Waals surface area (Å²) >= 11 is 0. The number of aromatic nitrogens is 3. The normalized spacial score (nSPS) is 15.6. The van der Waals surface area contributed by atoms with Crippen LogP contribution in [-0.4, -0.2) is 45.3 Å². The Bertz CT molecular complexity index is 758. The monoisotopic (exact) mass is 383 g/mol. The van der Waals surface area contributed by atoms with E-state index in [1.54, 1.807) is 0 Å². The highest BCUT2D eigenvalue weighted by Crippen LogP contribution is 2.14. The summed E-state index contributed by atoms with van der Waals surface area (Å²) < 4.78 is 1.98. The quantitative estimate of drug-likeness (QED) is 0.567. The van der Waals surface area contributed by atoms with Gasteiger partial charge in [0.15, 0.2) is 11.8 Å². The number of hydrogen-bond acceptors (Lipinski definition) is 4. The molecule has 2 aromatic rings. The zero-order chi connectivity index (χ0) is 19.8. The molecule has 1 aliphatic rings. The third-order valence-corrected chi connectivity index (χ3v) is 5.24. The Morgan fingerprint density at radius 1 is 1.04 bits per heavy atom. The minimum atomic E-state index is 0.595. The van der Waals surface area contributed by atoms with Crippen molar-refractivity contribution in [2.45, 2.75) is 52.7 Å². The van der Waals surface area contributed by atoms with Crippen molar-refractivity contribution in [3.8, 4) is 0 Å². The highest BCUT2D eigenvalue weighted by Gasteiger charge is 2.10. The number of guanidine groups is 1. The zero-order valence-corrected chi connectivity index (χ0v) is 17.4. The topological polar surface area (TPSA) is 70.4 Å². The SMILES string of the molecule is CCNC(=NCc1ccc(CN2CCCCC2)cc1)NCc1nnc(C)n1C. The maximum atomic E-state index is 4.71. The number of aliphatic imine (C=N–C) groups is 1. The molecule has 1 aromatic carbocycles. The van der Waals surface area contributed by atoms with Gasteiger partial charge in [0, 0.05) is 20.1 Å². The molecule has 0 amide bonds. The average Bonchev–Trinajstić information content (AvgIpc) is 3.04. The summed E-state index contributed by atoms with van der Waals surface area (Å²) in [5, 5.41) is 14.9. The van der Waals surface area contributed by atoms with Gasteiger partial charge in [-0.25, -0.2) is 4.99 Å². The van der Waals surface area contributed by atoms with Crippen LogP contribution >= 0.6 is 0 Å². The number of hydrogen-bond donors (Lipinski definition) is 2. The lowest BCUT2D eigenvalue weighted by Crippen LogP contribution is -2.37. The van der Waals surface area contributed by atoms with E-state index in [9.17, 15) is 0 Å². The summed E-state index contributed by atoms with van der Waals surface area (Å²) in [6.45, 7) is 9.60. The number of piperidine rings is 1. The number of likely N-dealkylation sites (tertiary alicyclic amines) is 1. The molecule has 0 unspecified atom stereocenters. The molecule has 1 saturated heterocycles. The van der Waals surface area contributed by atoms with E-state index >= 15 is 0 Å². The maximum Gasteiger partial charge on any atom is 0.191 e. The van der Waals surface area contributed by atoms with Crippen LogP contribution in [0.25, 0.3) is 0 Å². The molecule has 0 atom stereocenters. The van der Waals surface area contributed by atoms with Crippen LogP contribution in [-0.2, 0) is 26.7 Å². The molecule has 152 valence electrons. The standard InChI is InChI=1S/C21H33N7/c1-4-22-21(24-15-20-26-25-17(2)27(20)3)23-14-18-8-10-19(11-9-18)16-28-12-6-5-7-13-28/h8-11H,4-7,12-16H2,1-3H3,(H2,22,23,24). The molecule has 1 aromatic heterocycles. The van der Waals surface area contributed by atoms with Gasteiger partial charge in [0.05, 0.1) is 13.1 Å². The van der Waals surface area contributed by atoms with Crippen molar-refractivity contribution in [2.75, 3.05) is 19.6 Å². The van der Waals surface area contributed by atoms with E-state index in [4.69, 9.17) is 4.99 Å². The Morgan fingerprint density at radius 2 is 1.75 bits per heavy atom. The van der Waals surface area contributed by atoms with Crippen LogP contribution < -0.4 is 10.6 Å². The van der Waals surface area contributed by atoms with E-state index < -0.39 is 0 Å². The number of rotatable bonds is 7. The summed E-state index contributed by atoms with van der Waals surface area (Å²) in [7, 11) is 1.97. The van der Waals surface area contributed by atoms with Crippen molar-refractivity contribution in [3.05, 3.63) is 47.0 Å². The summed E-state index contributed by atoms with van der Waals surface area (Å²) in [5.74, 6) is 2.59. The molecule has 1 fully saturated rings. The fourth-order valence-electron chi connectivity index (χ4n) is 3.41. The van der Waals surface area contributed by atoms with Crippen molar-refractivity contribution >= 4 is 5.96 Å². The molecule has 2 heterocycles. The van der Waals surface area contributed by atoms with E-state index in [0.29, 0.717) is 13.1 Å². The molecular weight excluding hydrogens is 350 g/mol. The minimum Gasteiger partial charge on any atom is -0.357 e. The lowest BCUT2D eigenvalue weighted by atomic mass is 10.1. The van der Waals surface area contributed by atoms with E-state index in [0.717, 1.165) is 30.7 Å². The molecule has 3 rings (SSSR count). The van der Waals surface area contributed by atoms with Crippen LogP contribution in [0.15, 0.2) is 29.3 Å². The van der Waals surface area contributed by atoms with Crippen molar-refractivity contribution in [2.24, 2.45) is 12.0 Å². The highest BCUT2D eigenvalue weighted by molar-refractivity contribution is 5.79. The molecular formula is C21H33N7. The molecule has 0 saturated carbocycles. The zero-order valence-electron chi connectivity index (χ0n) is 17.4. The fourth-order valence-corrected chi connectivity index (χ4v) is 3.41. The second kappa shape index (κ2) is 10.2. The number of aryl methyl sites for hydroxylation is 1. The van der Waals surface area contributed by atoms with Gasteiger partial charge in [0.25, 0.3) is 0 Å². The largest absolute Gasteiger partial charge is 0.357 e. The highest BCUT2D eigenvalue weighted by atomic mass is 15.3. The lowest BCUT2D eigenvalue weighted by molar-refractivity contribution is 0.221. The second-order valence-corrected chi connectivity index (χ2v) is 7.42. The third kappa shape index (κ3) is 5.79. The number of nitrogens with zero attached hydrogens (tertiary/aromatic N) is 5. The van der Waals surface area contributed by atoms with Crippen molar-refractivity contribution in [1.29, 1.82) is 0 Å². The smallest absolute Gasteiger partial charge is 0.191 e. The average molecular weight is 384 g/mol. The Kier molecular flexibility index (Phi) is 7.42. The Hall–Kier alpha value is -2.41. The van der Waals surface area contributed by atoms with Crippen LogP contribution in [0.1, 0.15) is 49.0 Å². The fraction of sp³-hybridized carbons (Fsp3) is 0.571. The number of benzene rings is 1. The molecule has 28 heavy (non-hydrogen) atoms. The first-order chi connectivity index (χ1) is 13.7. The van der Waals surface area contributed by atoms with Gasteiger partial charge >= 0.3 is 0 Å². The maximum absolute atomic E-state index is 4.71. The van der Waals surface area contributed by atoms with Crippen LogP contribution in [0.2, 0.25) is 0 Å². The first kappa shape index (κ1) is 20.3. The van der Waals surface area contributed by atoms with Gasteiger partial charge in [-0.1, -0.05) is 30.7 Å². The lowest BCUT2D eigenvalue weighted by Gasteiger charge is -2.26. The van der Waals surface area contributed by atoms with Crippen LogP contribution in [0.5, 0.6) is 0 Å². The Morgan fingerprint density at radius 3 is 2.39 bits per heavy atom. The van der Waals surface area contributed by atoms with E-state index in [-0.39, 0.29) is 0 Å². The van der Waals surface area contributed by atoms with E-state index in [1.165, 1.54) is 43.5 Å². The van der Waals surface area contributed by atoms with Crippen LogP contribution in [0, 0.1) is 6.92 Å². The molecule has 7 nitrogen and oxygen atoms in total. The van der Waals surface area contributed by atoms with Crippen LogP contribution in [0.4, 0.5) is 0 Å². The molecule has 1 aliphatic heterocycles. The van der Waals surface area contributed by atoms with Gasteiger partial charge in [-0.3, -0.25) is 4.90 Å². The van der Waals surface area contributed by atoms with Gasteiger partial charge in [-0.05, 0) is 50.9 Å². The predicted molar refractivity (Wildman–Crippen MR) is 113 cm³/mol. The summed E-state index contributed by atoms with van der Waals surface area (Å²) in [4.78, 5) is 7.26. The van der Waals surface area contributed by atoms with Gasteiger partial charge in [-0.15, -0.1) is 10.2 Å². The van der Waals surface area contributed by atoms with Gasteiger partial charge in [-0.2, -0.15) is 0 Å².